The molecule has 2 aromatic heterocycles. The summed E-state index contributed by atoms with van der Waals surface area (Å²) in [6, 6.07) is 25.0. The Labute approximate surface area is 255 Å². The van der Waals surface area contributed by atoms with Gasteiger partial charge in [-0.15, -0.1) is 0 Å². The zero-order chi connectivity index (χ0) is 29.4. The number of nitro groups is 1. The van der Waals surface area contributed by atoms with E-state index in [4.69, 9.17) is 14.1 Å². The van der Waals surface area contributed by atoms with Gasteiger partial charge in [-0.25, -0.2) is 4.98 Å². The minimum atomic E-state index is -0.520. The summed E-state index contributed by atoms with van der Waals surface area (Å²) >= 11 is 6.81. The number of benzene rings is 4. The van der Waals surface area contributed by atoms with E-state index < -0.39 is 10.5 Å². The Morgan fingerprint density at radius 1 is 1.02 bits per heavy atom. The molecular formula is C31H20Br2N4O5. The molecule has 0 saturated heterocycles. The normalized spacial score (nSPS) is 11.5. The van der Waals surface area contributed by atoms with Gasteiger partial charge in [0.25, 0.3) is 5.56 Å². The smallest absolute Gasteiger partial charge is 0.312 e. The summed E-state index contributed by atoms with van der Waals surface area (Å²) in [5, 5.41) is 17.6. The van der Waals surface area contributed by atoms with Gasteiger partial charge < -0.3 is 9.15 Å². The van der Waals surface area contributed by atoms with Crippen molar-refractivity contribution in [2.24, 2.45) is 5.10 Å². The van der Waals surface area contributed by atoms with Gasteiger partial charge in [0.1, 0.15) is 12.2 Å². The molecule has 0 aliphatic rings. The number of aryl methyl sites for hydroxylation is 1. The van der Waals surface area contributed by atoms with E-state index in [9.17, 15) is 14.9 Å². The maximum Gasteiger partial charge on any atom is 0.312 e. The van der Waals surface area contributed by atoms with Crippen LogP contribution in [-0.4, -0.2) is 20.8 Å². The molecule has 0 unspecified atom stereocenters. The first kappa shape index (κ1) is 27.6. The summed E-state index contributed by atoms with van der Waals surface area (Å²) in [6.07, 6.45) is 1.35. The minimum Gasteiger partial charge on any atom is -0.481 e. The topological polar surface area (TPSA) is 113 Å². The van der Waals surface area contributed by atoms with Crippen LogP contribution < -0.4 is 10.3 Å². The molecule has 208 valence electrons. The Kier molecular flexibility index (Phi) is 7.44. The summed E-state index contributed by atoms with van der Waals surface area (Å²) in [7, 11) is 0. The van der Waals surface area contributed by atoms with Crippen LogP contribution in [0.4, 0.5) is 5.69 Å². The lowest BCUT2D eigenvalue weighted by molar-refractivity contribution is -0.386. The molecule has 6 rings (SSSR count). The van der Waals surface area contributed by atoms with Crippen LogP contribution in [0.25, 0.3) is 33.5 Å². The van der Waals surface area contributed by atoms with E-state index >= 15 is 0 Å². The van der Waals surface area contributed by atoms with Crippen LogP contribution in [0.15, 0.2) is 108 Å². The van der Waals surface area contributed by atoms with E-state index in [2.05, 4.69) is 37.0 Å². The standard InChI is InChI=1S/C31H20Br2N4O5/c1-18-6-8-19(9-7-18)17-41-29-21(13-23(33)15-26(29)37(39)40)16-34-36-30(35-25-5-3-2-4-24(25)31(36)38)28-14-20-12-22(32)10-11-27(20)42-28/h2-16H,17H2,1H3. The van der Waals surface area contributed by atoms with E-state index in [-0.39, 0.29) is 23.9 Å². The van der Waals surface area contributed by atoms with Crippen molar-refractivity contribution in [3.63, 3.8) is 0 Å². The van der Waals surface area contributed by atoms with Crippen molar-refractivity contribution in [2.75, 3.05) is 0 Å². The molecule has 6 aromatic rings. The second-order valence-corrected chi connectivity index (χ2v) is 11.3. The molecule has 0 radical (unpaired) electrons. The fourth-order valence-corrected chi connectivity index (χ4v) is 5.31. The molecule has 0 fully saturated rings. The predicted octanol–water partition coefficient (Wildman–Crippen LogP) is 8.01. The van der Waals surface area contributed by atoms with Gasteiger partial charge in [0.15, 0.2) is 5.76 Å². The number of nitrogens with zero attached hydrogens (tertiary/aromatic N) is 4. The maximum atomic E-state index is 13.7. The van der Waals surface area contributed by atoms with Gasteiger partial charge in [0.2, 0.25) is 11.6 Å². The molecule has 0 bridgehead atoms. The first-order valence-electron chi connectivity index (χ1n) is 12.7. The van der Waals surface area contributed by atoms with Gasteiger partial charge in [-0.1, -0.05) is 73.8 Å². The SMILES string of the molecule is Cc1ccc(COc2c(C=Nn3c(-c4cc5cc(Br)ccc5o4)nc4ccccc4c3=O)cc(Br)cc2[N+](=O)[O-])cc1. The molecule has 0 aliphatic heterocycles. The minimum absolute atomic E-state index is 0.0180. The molecule has 0 atom stereocenters. The number of aromatic nitrogens is 2. The molecule has 2 heterocycles. The van der Waals surface area contributed by atoms with Crippen LogP contribution in [0.3, 0.4) is 0 Å². The lowest BCUT2D eigenvalue weighted by Gasteiger charge is -2.11. The van der Waals surface area contributed by atoms with Crippen molar-refractivity contribution in [1.82, 2.24) is 9.66 Å². The van der Waals surface area contributed by atoms with Crippen molar-refractivity contribution < 1.29 is 14.1 Å². The zero-order valence-electron chi connectivity index (χ0n) is 22.0. The van der Waals surface area contributed by atoms with Crippen molar-refractivity contribution in [3.05, 3.63) is 131 Å². The van der Waals surface area contributed by atoms with Crippen molar-refractivity contribution in [1.29, 1.82) is 0 Å². The van der Waals surface area contributed by atoms with E-state index in [1.807, 2.05) is 49.4 Å². The first-order chi connectivity index (χ1) is 20.3. The molecule has 9 nitrogen and oxygen atoms in total. The number of ether oxygens (including phenoxy) is 1. The first-order valence-corrected chi connectivity index (χ1v) is 14.3. The highest BCUT2D eigenvalue weighted by atomic mass is 79.9. The molecule has 0 saturated carbocycles. The molecule has 0 amide bonds. The van der Waals surface area contributed by atoms with Gasteiger partial charge in [-0.2, -0.15) is 9.78 Å². The quantitative estimate of drug-likeness (QED) is 0.0955. The van der Waals surface area contributed by atoms with Crippen molar-refractivity contribution >= 4 is 65.6 Å². The lowest BCUT2D eigenvalue weighted by atomic mass is 10.1. The maximum absolute atomic E-state index is 13.7. The van der Waals surface area contributed by atoms with Crippen LogP contribution >= 0.6 is 31.9 Å². The van der Waals surface area contributed by atoms with Gasteiger partial charge in [-0.3, -0.25) is 14.9 Å². The molecule has 0 spiro atoms. The van der Waals surface area contributed by atoms with E-state index in [1.165, 1.54) is 12.3 Å². The second kappa shape index (κ2) is 11.3. The number of rotatable bonds is 7. The Balaban J connectivity index is 1.49. The highest BCUT2D eigenvalue weighted by Gasteiger charge is 2.22. The highest BCUT2D eigenvalue weighted by Crippen LogP contribution is 2.35. The van der Waals surface area contributed by atoms with Crippen LogP contribution in [0.1, 0.15) is 16.7 Å². The average Bonchev–Trinajstić information content (AvgIpc) is 3.39. The number of para-hydroxylation sites is 1. The third-order valence-electron chi connectivity index (χ3n) is 6.53. The van der Waals surface area contributed by atoms with Crippen LogP contribution in [0, 0.1) is 17.0 Å². The Bertz CT molecular complexity index is 2080. The molecule has 11 heteroatoms. The summed E-state index contributed by atoms with van der Waals surface area (Å²) in [5.74, 6) is 0.525. The third kappa shape index (κ3) is 5.48. The lowest BCUT2D eigenvalue weighted by Crippen LogP contribution is -2.20. The Morgan fingerprint density at radius 3 is 2.60 bits per heavy atom. The van der Waals surface area contributed by atoms with Crippen LogP contribution in [0.2, 0.25) is 0 Å². The third-order valence-corrected chi connectivity index (χ3v) is 7.48. The largest absolute Gasteiger partial charge is 0.481 e. The summed E-state index contributed by atoms with van der Waals surface area (Å²) < 4.78 is 14.5. The van der Waals surface area contributed by atoms with E-state index in [1.54, 1.807) is 36.4 Å². The number of furan rings is 1. The number of hydrogen-bond donors (Lipinski definition) is 0. The van der Waals surface area contributed by atoms with Crippen LogP contribution in [-0.2, 0) is 6.61 Å². The number of fused-ring (bicyclic) bond motifs is 2. The number of halogens is 2. The average molecular weight is 688 g/mol. The fraction of sp³-hybridized carbons (Fsp3) is 0.0645. The molecule has 42 heavy (non-hydrogen) atoms. The van der Waals surface area contributed by atoms with E-state index in [0.717, 1.165) is 25.7 Å². The van der Waals surface area contributed by atoms with Gasteiger partial charge in [0, 0.05) is 26.0 Å². The van der Waals surface area contributed by atoms with Gasteiger partial charge >= 0.3 is 5.69 Å². The summed E-state index contributed by atoms with van der Waals surface area (Å²) in [4.78, 5) is 29.9. The summed E-state index contributed by atoms with van der Waals surface area (Å²) in [5.41, 5.74) is 2.64. The number of hydrogen-bond acceptors (Lipinski definition) is 7. The molecular weight excluding hydrogens is 668 g/mol. The predicted molar refractivity (Wildman–Crippen MR) is 168 cm³/mol. The fourth-order valence-electron chi connectivity index (χ4n) is 4.46. The summed E-state index contributed by atoms with van der Waals surface area (Å²) in [6.45, 7) is 2.07. The highest BCUT2D eigenvalue weighted by molar-refractivity contribution is 9.10. The van der Waals surface area contributed by atoms with Crippen LogP contribution in [0.5, 0.6) is 5.75 Å². The monoisotopic (exact) mass is 686 g/mol. The Hall–Kier alpha value is -4.61. The number of nitro benzene ring substituents is 1. The molecule has 0 aliphatic carbocycles. The molecule has 4 aromatic carbocycles. The van der Waals surface area contributed by atoms with Crippen molar-refractivity contribution in [2.45, 2.75) is 13.5 Å². The zero-order valence-corrected chi connectivity index (χ0v) is 25.1. The molecule has 0 N–H and O–H groups in total. The van der Waals surface area contributed by atoms with Crippen molar-refractivity contribution in [3.8, 4) is 17.3 Å². The van der Waals surface area contributed by atoms with Gasteiger partial charge in [0.05, 0.1) is 22.0 Å². The Morgan fingerprint density at radius 2 is 1.81 bits per heavy atom. The second-order valence-electron chi connectivity index (χ2n) is 9.48. The van der Waals surface area contributed by atoms with E-state index in [0.29, 0.717) is 32.3 Å². The van der Waals surface area contributed by atoms with Gasteiger partial charge in [-0.05, 0) is 55.0 Å².